The fourth-order valence-electron chi connectivity index (χ4n) is 2.64. The Hall–Kier alpha value is -2.71. The third-order valence-electron chi connectivity index (χ3n) is 3.95. The Labute approximate surface area is 158 Å². The molecule has 0 aliphatic carbocycles. The number of carbonyl (C=O) groups is 1. The first-order valence-corrected chi connectivity index (χ1v) is 8.89. The maximum Gasteiger partial charge on any atom is 0.266 e. The quantitative estimate of drug-likeness (QED) is 0.476. The lowest BCUT2D eigenvalue weighted by atomic mass is 10.1. The monoisotopic (exact) mass is 387 g/mol. The molecule has 6 nitrogen and oxygen atoms in total. The van der Waals surface area contributed by atoms with Crippen molar-refractivity contribution in [3.8, 4) is 23.0 Å². The minimum absolute atomic E-state index is 0.196. The second-order valence-electron chi connectivity index (χ2n) is 5.70. The van der Waals surface area contributed by atoms with Crippen molar-refractivity contribution in [2.24, 2.45) is 0 Å². The number of thioether (sulfide) groups is 1. The van der Waals surface area contributed by atoms with Gasteiger partial charge in [-0.3, -0.25) is 9.69 Å². The summed E-state index contributed by atoms with van der Waals surface area (Å²) in [4.78, 5) is 14.7. The molecule has 2 N–H and O–H groups in total. The van der Waals surface area contributed by atoms with Gasteiger partial charge in [-0.25, -0.2) is 0 Å². The van der Waals surface area contributed by atoms with Crippen LogP contribution in [-0.4, -0.2) is 32.1 Å². The Balaban J connectivity index is 1.55. The van der Waals surface area contributed by atoms with Crippen LogP contribution in [0.15, 0.2) is 41.3 Å². The lowest BCUT2D eigenvalue weighted by Gasteiger charge is -2.14. The highest BCUT2D eigenvalue weighted by molar-refractivity contribution is 8.26. The first-order valence-electron chi connectivity index (χ1n) is 7.67. The van der Waals surface area contributed by atoms with Crippen LogP contribution in [0.2, 0.25) is 0 Å². The molecule has 2 aliphatic rings. The molecule has 132 valence electrons. The zero-order valence-corrected chi connectivity index (χ0v) is 15.0. The summed E-state index contributed by atoms with van der Waals surface area (Å²) in [5.74, 6) is 0.687. The second kappa shape index (κ2) is 6.54. The predicted octanol–water partition coefficient (Wildman–Crippen LogP) is 3.23. The number of nitrogens with zero attached hydrogens (tertiary/aromatic N) is 1. The molecule has 0 atom stereocenters. The molecule has 0 saturated carbocycles. The summed E-state index contributed by atoms with van der Waals surface area (Å²) in [6.45, 7) is 0.529. The van der Waals surface area contributed by atoms with Gasteiger partial charge in [0.05, 0.1) is 11.4 Å². The summed E-state index contributed by atoms with van der Waals surface area (Å²) < 4.78 is 11.1. The number of thiocarbonyl (C=S) groups is 1. The lowest BCUT2D eigenvalue weighted by molar-refractivity contribution is -0.122. The number of ether oxygens (including phenoxy) is 2. The van der Waals surface area contributed by atoms with Gasteiger partial charge in [-0.1, -0.05) is 36.1 Å². The number of aromatic hydroxyl groups is 2. The fraction of sp³-hybridized carbons (Fsp3) is 0.111. The molecule has 0 radical (unpaired) electrons. The van der Waals surface area contributed by atoms with E-state index in [1.54, 1.807) is 12.1 Å². The Morgan fingerprint density at radius 2 is 1.92 bits per heavy atom. The van der Waals surface area contributed by atoms with E-state index in [1.165, 1.54) is 28.8 Å². The molecule has 1 amide bonds. The van der Waals surface area contributed by atoms with Crippen LogP contribution >= 0.6 is 24.0 Å². The van der Waals surface area contributed by atoms with Gasteiger partial charge in [0, 0.05) is 0 Å². The third kappa shape index (κ3) is 3.09. The van der Waals surface area contributed by atoms with E-state index in [4.69, 9.17) is 21.7 Å². The van der Waals surface area contributed by atoms with E-state index in [-0.39, 0.29) is 24.2 Å². The van der Waals surface area contributed by atoms with Crippen molar-refractivity contribution in [1.82, 2.24) is 4.90 Å². The van der Waals surface area contributed by atoms with Crippen LogP contribution in [-0.2, 0) is 11.3 Å². The van der Waals surface area contributed by atoms with Crippen LogP contribution in [0.3, 0.4) is 0 Å². The molecule has 0 bridgehead atoms. The van der Waals surface area contributed by atoms with Gasteiger partial charge in [0.15, 0.2) is 23.0 Å². The Kier molecular flexibility index (Phi) is 4.21. The number of hydrogen-bond donors (Lipinski definition) is 2. The molecule has 1 saturated heterocycles. The number of phenolic OH excluding ortho intramolecular Hbond substituents is 2. The summed E-state index contributed by atoms with van der Waals surface area (Å²) in [5.41, 5.74) is 1.48. The van der Waals surface area contributed by atoms with E-state index in [0.29, 0.717) is 32.8 Å². The number of benzene rings is 2. The fourth-order valence-corrected chi connectivity index (χ4v) is 3.89. The molecular formula is C18H13NO5S2. The summed E-state index contributed by atoms with van der Waals surface area (Å²) in [7, 11) is 0. The summed E-state index contributed by atoms with van der Waals surface area (Å²) in [5, 5.41) is 19.0. The van der Waals surface area contributed by atoms with Crippen molar-refractivity contribution in [1.29, 1.82) is 0 Å². The second-order valence-corrected chi connectivity index (χ2v) is 7.38. The number of amides is 1. The standard InChI is InChI=1S/C18H13NO5S2/c20-12-3-1-10(5-13(12)21)7-16-17(22)19(18(25)26-16)8-11-2-4-14-15(6-11)24-9-23-14/h1-7,20-21H,8-9H2/b16-7-. The topological polar surface area (TPSA) is 79.2 Å². The van der Waals surface area contributed by atoms with Crippen molar-refractivity contribution >= 4 is 40.3 Å². The van der Waals surface area contributed by atoms with Crippen molar-refractivity contribution in [3.63, 3.8) is 0 Å². The van der Waals surface area contributed by atoms with Crippen molar-refractivity contribution in [3.05, 3.63) is 52.4 Å². The van der Waals surface area contributed by atoms with E-state index < -0.39 is 0 Å². The number of hydrogen-bond acceptors (Lipinski definition) is 7. The SMILES string of the molecule is O=C1/C(=C/c2ccc(O)c(O)c2)SC(=S)N1Cc1ccc2c(c1)OCO2. The van der Waals surface area contributed by atoms with Crippen molar-refractivity contribution in [2.45, 2.75) is 6.54 Å². The number of rotatable bonds is 3. The molecule has 8 heteroatoms. The van der Waals surface area contributed by atoms with Crippen LogP contribution < -0.4 is 9.47 Å². The molecule has 2 aliphatic heterocycles. The van der Waals surface area contributed by atoms with Crippen molar-refractivity contribution < 1.29 is 24.5 Å². The molecule has 0 aromatic heterocycles. The first-order chi connectivity index (χ1) is 12.5. The molecule has 1 fully saturated rings. The molecule has 0 unspecified atom stereocenters. The highest BCUT2D eigenvalue weighted by Crippen LogP contribution is 2.37. The molecule has 2 aromatic carbocycles. The Morgan fingerprint density at radius 1 is 1.12 bits per heavy atom. The largest absolute Gasteiger partial charge is 0.504 e. The summed E-state index contributed by atoms with van der Waals surface area (Å²) in [6.07, 6.45) is 1.64. The zero-order chi connectivity index (χ0) is 18.3. The summed E-state index contributed by atoms with van der Waals surface area (Å²) in [6, 6.07) is 9.88. The highest BCUT2D eigenvalue weighted by atomic mass is 32.2. The van der Waals surface area contributed by atoms with Crippen LogP contribution in [0.4, 0.5) is 0 Å². The maximum atomic E-state index is 12.7. The molecule has 4 rings (SSSR count). The lowest BCUT2D eigenvalue weighted by Crippen LogP contribution is -2.27. The van der Waals surface area contributed by atoms with Crippen molar-refractivity contribution in [2.75, 3.05) is 6.79 Å². The number of fused-ring (bicyclic) bond motifs is 1. The van der Waals surface area contributed by atoms with Gasteiger partial charge in [0.25, 0.3) is 5.91 Å². The Morgan fingerprint density at radius 3 is 2.73 bits per heavy atom. The Bertz CT molecular complexity index is 957. The van der Waals surface area contributed by atoms with E-state index in [1.807, 2.05) is 18.2 Å². The average molecular weight is 387 g/mol. The molecular weight excluding hydrogens is 374 g/mol. The molecule has 26 heavy (non-hydrogen) atoms. The average Bonchev–Trinajstić information content (AvgIpc) is 3.18. The van der Waals surface area contributed by atoms with E-state index in [2.05, 4.69) is 0 Å². The molecule has 2 heterocycles. The number of phenols is 2. The highest BCUT2D eigenvalue weighted by Gasteiger charge is 2.32. The zero-order valence-electron chi connectivity index (χ0n) is 13.3. The van der Waals surface area contributed by atoms with Gasteiger partial charge >= 0.3 is 0 Å². The van der Waals surface area contributed by atoms with Gasteiger partial charge in [0.2, 0.25) is 6.79 Å². The summed E-state index contributed by atoms with van der Waals surface area (Å²) >= 11 is 6.54. The maximum absolute atomic E-state index is 12.7. The van der Waals surface area contributed by atoms with Gasteiger partial charge in [-0.15, -0.1) is 0 Å². The normalized spacial score (nSPS) is 17.4. The number of carbonyl (C=O) groups excluding carboxylic acids is 1. The first kappa shape index (κ1) is 16.7. The minimum Gasteiger partial charge on any atom is -0.504 e. The van der Waals surface area contributed by atoms with Gasteiger partial charge in [0.1, 0.15) is 4.32 Å². The van der Waals surface area contributed by atoms with Crippen LogP contribution in [0.1, 0.15) is 11.1 Å². The van der Waals surface area contributed by atoms with Gasteiger partial charge in [-0.05, 0) is 41.5 Å². The minimum atomic E-state index is -0.241. The smallest absolute Gasteiger partial charge is 0.266 e. The predicted molar refractivity (Wildman–Crippen MR) is 101 cm³/mol. The van der Waals surface area contributed by atoms with Crippen LogP contribution in [0.5, 0.6) is 23.0 Å². The molecule has 2 aromatic rings. The van der Waals surface area contributed by atoms with E-state index in [0.717, 1.165) is 5.56 Å². The van der Waals surface area contributed by atoms with E-state index in [9.17, 15) is 15.0 Å². The van der Waals surface area contributed by atoms with Gasteiger partial charge in [-0.2, -0.15) is 0 Å². The van der Waals surface area contributed by atoms with Crippen LogP contribution in [0.25, 0.3) is 6.08 Å². The molecule has 0 spiro atoms. The third-order valence-corrected chi connectivity index (χ3v) is 5.33. The van der Waals surface area contributed by atoms with E-state index >= 15 is 0 Å². The van der Waals surface area contributed by atoms with Crippen LogP contribution in [0, 0.1) is 0 Å². The van der Waals surface area contributed by atoms with Gasteiger partial charge < -0.3 is 19.7 Å².